The third-order valence-corrected chi connectivity index (χ3v) is 2.11. The summed E-state index contributed by atoms with van der Waals surface area (Å²) >= 11 is 0. The lowest BCUT2D eigenvalue weighted by molar-refractivity contribution is 0.193. The molecule has 0 heterocycles. The van der Waals surface area contributed by atoms with Crippen molar-refractivity contribution in [3.8, 4) is 0 Å². The summed E-state index contributed by atoms with van der Waals surface area (Å²) < 4.78 is 0. The molecule has 2 amide bonds. The molecule has 0 aromatic carbocycles. The molecule has 5 N–H and O–H groups in total. The summed E-state index contributed by atoms with van der Waals surface area (Å²) in [4.78, 5) is 20.2. The highest BCUT2D eigenvalue weighted by atomic mass is 16.4. The molecule has 100 valence electrons. The van der Waals surface area contributed by atoms with Crippen LogP contribution >= 0.6 is 0 Å². The minimum Gasteiger partial charge on any atom is -0.465 e. The number of carbonyl (C=O) groups is 2. The van der Waals surface area contributed by atoms with Crippen LogP contribution in [0.25, 0.3) is 0 Å². The van der Waals surface area contributed by atoms with Gasteiger partial charge in [0.2, 0.25) is 0 Å². The van der Waals surface area contributed by atoms with Crippen LogP contribution < -0.4 is 16.0 Å². The standard InChI is InChI=1S/C10H21N3O4/c14-9(15)12-7-3-1-5-11-6-2-4-8-13-10(16)17/h11-13H,1-8H2,(H,14,15)(H,16,17). The molecule has 0 aliphatic heterocycles. The highest BCUT2D eigenvalue weighted by Gasteiger charge is 1.95. The molecular formula is C10H21N3O4. The number of hydrogen-bond acceptors (Lipinski definition) is 3. The molecule has 0 spiro atoms. The van der Waals surface area contributed by atoms with E-state index in [4.69, 9.17) is 10.2 Å². The zero-order chi connectivity index (χ0) is 12.9. The molecule has 0 aromatic heterocycles. The molecule has 0 fully saturated rings. The van der Waals surface area contributed by atoms with Gasteiger partial charge in [-0.3, -0.25) is 0 Å². The molecule has 0 aromatic rings. The largest absolute Gasteiger partial charge is 0.465 e. The zero-order valence-electron chi connectivity index (χ0n) is 9.87. The Kier molecular flexibility index (Phi) is 10.0. The average Bonchev–Trinajstić information content (AvgIpc) is 2.25. The van der Waals surface area contributed by atoms with Gasteiger partial charge in [0, 0.05) is 13.1 Å². The van der Waals surface area contributed by atoms with Gasteiger partial charge in [-0.1, -0.05) is 0 Å². The second kappa shape index (κ2) is 11.0. The van der Waals surface area contributed by atoms with E-state index >= 15 is 0 Å². The molecule has 17 heavy (non-hydrogen) atoms. The van der Waals surface area contributed by atoms with Crippen LogP contribution in [0.15, 0.2) is 0 Å². The average molecular weight is 247 g/mol. The number of carboxylic acid groups (broad SMARTS) is 2. The highest BCUT2D eigenvalue weighted by Crippen LogP contribution is 1.87. The fourth-order valence-electron chi connectivity index (χ4n) is 1.27. The maximum absolute atomic E-state index is 10.1. The van der Waals surface area contributed by atoms with Crippen LogP contribution in [0.5, 0.6) is 0 Å². The molecule has 0 rings (SSSR count). The lowest BCUT2D eigenvalue weighted by Crippen LogP contribution is -2.24. The van der Waals surface area contributed by atoms with Crippen LogP contribution in [0.1, 0.15) is 25.7 Å². The lowest BCUT2D eigenvalue weighted by atomic mass is 10.3. The third kappa shape index (κ3) is 14.5. The normalized spacial score (nSPS) is 9.88. The van der Waals surface area contributed by atoms with Crippen molar-refractivity contribution in [2.75, 3.05) is 26.2 Å². The van der Waals surface area contributed by atoms with E-state index in [0.29, 0.717) is 13.1 Å². The van der Waals surface area contributed by atoms with Gasteiger partial charge < -0.3 is 26.2 Å². The van der Waals surface area contributed by atoms with Crippen molar-refractivity contribution in [1.82, 2.24) is 16.0 Å². The van der Waals surface area contributed by atoms with E-state index in [9.17, 15) is 9.59 Å². The van der Waals surface area contributed by atoms with Gasteiger partial charge in [-0.15, -0.1) is 0 Å². The van der Waals surface area contributed by atoms with Crippen LogP contribution in [0, 0.1) is 0 Å². The van der Waals surface area contributed by atoms with E-state index in [1.165, 1.54) is 0 Å². The second-order valence-electron chi connectivity index (χ2n) is 3.63. The first-order valence-corrected chi connectivity index (χ1v) is 5.77. The Hall–Kier alpha value is -1.50. The predicted octanol–water partition coefficient (Wildman–Crippen LogP) is 0.672. The summed E-state index contributed by atoms with van der Waals surface area (Å²) in [6.45, 7) is 2.68. The van der Waals surface area contributed by atoms with E-state index in [1.807, 2.05) is 0 Å². The molecule has 7 heteroatoms. The summed E-state index contributed by atoms with van der Waals surface area (Å²) in [5.74, 6) is 0. The number of nitrogens with one attached hydrogen (secondary N) is 3. The van der Waals surface area contributed by atoms with Crippen molar-refractivity contribution in [2.24, 2.45) is 0 Å². The Morgan fingerprint density at radius 1 is 0.706 bits per heavy atom. The summed E-state index contributed by atoms with van der Waals surface area (Å²) in [6.07, 6.45) is 1.52. The smallest absolute Gasteiger partial charge is 0.404 e. The van der Waals surface area contributed by atoms with Gasteiger partial charge in [0.25, 0.3) is 0 Å². The van der Waals surface area contributed by atoms with Crippen molar-refractivity contribution in [3.63, 3.8) is 0 Å². The number of hydrogen-bond donors (Lipinski definition) is 5. The van der Waals surface area contributed by atoms with Gasteiger partial charge in [-0.25, -0.2) is 9.59 Å². The van der Waals surface area contributed by atoms with E-state index in [-0.39, 0.29) is 0 Å². The van der Waals surface area contributed by atoms with Crippen LogP contribution in [-0.4, -0.2) is 48.6 Å². The molecule has 0 atom stereocenters. The Morgan fingerprint density at radius 2 is 1.06 bits per heavy atom. The van der Waals surface area contributed by atoms with E-state index in [0.717, 1.165) is 38.8 Å². The quantitative estimate of drug-likeness (QED) is 0.364. The Balaban J connectivity index is 2.98. The van der Waals surface area contributed by atoms with Gasteiger partial charge in [-0.2, -0.15) is 0 Å². The van der Waals surface area contributed by atoms with Crippen molar-refractivity contribution in [1.29, 1.82) is 0 Å². The molecule has 0 bridgehead atoms. The number of amides is 2. The fraction of sp³-hybridized carbons (Fsp3) is 0.800. The SMILES string of the molecule is O=C(O)NCCCCNCCCCNC(=O)O. The topological polar surface area (TPSA) is 111 Å². The van der Waals surface area contributed by atoms with Crippen LogP contribution in [0.2, 0.25) is 0 Å². The Bertz CT molecular complexity index is 202. The first-order valence-electron chi connectivity index (χ1n) is 5.77. The maximum atomic E-state index is 10.1. The van der Waals surface area contributed by atoms with Gasteiger partial charge in [0.15, 0.2) is 0 Å². The minimum atomic E-state index is -0.983. The fourth-order valence-corrected chi connectivity index (χ4v) is 1.27. The van der Waals surface area contributed by atoms with Crippen LogP contribution in [0.3, 0.4) is 0 Å². The van der Waals surface area contributed by atoms with Gasteiger partial charge in [0.05, 0.1) is 0 Å². The maximum Gasteiger partial charge on any atom is 0.404 e. The van der Waals surface area contributed by atoms with Crippen molar-refractivity contribution in [3.05, 3.63) is 0 Å². The molecule has 0 saturated carbocycles. The molecule has 0 saturated heterocycles. The number of rotatable bonds is 10. The van der Waals surface area contributed by atoms with Crippen LogP contribution in [-0.2, 0) is 0 Å². The molecule has 0 unspecified atom stereocenters. The van der Waals surface area contributed by atoms with Gasteiger partial charge in [0.1, 0.15) is 0 Å². The third-order valence-electron chi connectivity index (χ3n) is 2.11. The molecule has 0 aliphatic carbocycles. The first kappa shape index (κ1) is 15.5. The molecular weight excluding hydrogens is 226 g/mol. The lowest BCUT2D eigenvalue weighted by Gasteiger charge is -2.05. The summed E-state index contributed by atoms with van der Waals surface area (Å²) in [5.41, 5.74) is 0. The first-order chi connectivity index (χ1) is 8.13. The molecule has 0 radical (unpaired) electrons. The van der Waals surface area contributed by atoms with Crippen molar-refractivity contribution >= 4 is 12.2 Å². The van der Waals surface area contributed by atoms with E-state index in [2.05, 4.69) is 16.0 Å². The predicted molar refractivity (Wildman–Crippen MR) is 63.4 cm³/mol. The highest BCUT2D eigenvalue weighted by molar-refractivity contribution is 5.64. The zero-order valence-corrected chi connectivity index (χ0v) is 9.87. The summed E-state index contributed by atoms with van der Waals surface area (Å²) in [7, 11) is 0. The van der Waals surface area contributed by atoms with Gasteiger partial charge in [-0.05, 0) is 38.8 Å². The van der Waals surface area contributed by atoms with E-state index in [1.54, 1.807) is 0 Å². The molecule has 0 aliphatic rings. The number of unbranched alkanes of at least 4 members (excludes halogenated alkanes) is 2. The van der Waals surface area contributed by atoms with Gasteiger partial charge >= 0.3 is 12.2 Å². The van der Waals surface area contributed by atoms with Crippen LogP contribution in [0.4, 0.5) is 9.59 Å². The van der Waals surface area contributed by atoms with E-state index < -0.39 is 12.2 Å². The monoisotopic (exact) mass is 247 g/mol. The second-order valence-corrected chi connectivity index (χ2v) is 3.63. The van der Waals surface area contributed by atoms with Crippen molar-refractivity contribution < 1.29 is 19.8 Å². The minimum absolute atomic E-state index is 0.486. The Morgan fingerprint density at radius 3 is 1.41 bits per heavy atom. The molecule has 7 nitrogen and oxygen atoms in total. The van der Waals surface area contributed by atoms with Crippen molar-refractivity contribution in [2.45, 2.75) is 25.7 Å². The summed E-state index contributed by atoms with van der Waals surface area (Å²) in [6, 6.07) is 0. The summed E-state index contributed by atoms with van der Waals surface area (Å²) in [5, 5.41) is 24.4. The Labute approximate surface area is 101 Å².